The Morgan fingerprint density at radius 2 is 1.46 bits per heavy atom. The van der Waals surface area contributed by atoms with Gasteiger partial charge in [0.1, 0.15) is 8.07 Å². The zero-order valence-electron chi connectivity index (χ0n) is 16.0. The van der Waals surface area contributed by atoms with Crippen molar-refractivity contribution in [2.24, 2.45) is 5.41 Å². The number of benzene rings is 2. The molecule has 26 heavy (non-hydrogen) atoms. The lowest BCUT2D eigenvalue weighted by atomic mass is 9.89. The molecule has 144 valence electrons. The van der Waals surface area contributed by atoms with Gasteiger partial charge in [-0.15, -0.1) is 0 Å². The third-order valence-electron chi connectivity index (χ3n) is 5.52. The molecule has 0 unspecified atom stereocenters. The minimum atomic E-state index is -1.97. The third kappa shape index (κ3) is 5.17. The monoisotopic (exact) mass is 407 g/mol. The lowest BCUT2D eigenvalue weighted by Crippen LogP contribution is -2.58. The summed E-state index contributed by atoms with van der Waals surface area (Å²) in [7, 11) is -1.97. The van der Waals surface area contributed by atoms with Crippen LogP contribution in [0.5, 0.6) is 0 Å². The van der Waals surface area contributed by atoms with Crippen molar-refractivity contribution in [3.8, 4) is 0 Å². The Labute approximate surface area is 173 Å². The second-order valence-electron chi connectivity index (χ2n) is 8.19. The SMILES string of the molecule is CC1(C)CN[C@H]([C@H](O)C[Si](C)(c2ccccc2)c2ccccc2)C1.S.S. The summed E-state index contributed by atoms with van der Waals surface area (Å²) in [4.78, 5) is 0. The van der Waals surface area contributed by atoms with E-state index in [2.05, 4.69) is 86.4 Å². The van der Waals surface area contributed by atoms with E-state index < -0.39 is 8.07 Å². The van der Waals surface area contributed by atoms with Gasteiger partial charge >= 0.3 is 0 Å². The second kappa shape index (κ2) is 9.47. The molecule has 0 spiro atoms. The Bertz CT molecular complexity index is 627. The molecular formula is C21H33NOS2Si. The largest absolute Gasteiger partial charge is 0.392 e. The maximum absolute atomic E-state index is 11.0. The number of nitrogens with one attached hydrogen (secondary N) is 1. The highest BCUT2D eigenvalue weighted by atomic mass is 32.1. The van der Waals surface area contributed by atoms with Gasteiger partial charge in [0.15, 0.2) is 0 Å². The van der Waals surface area contributed by atoms with E-state index in [0.29, 0.717) is 0 Å². The fraction of sp³-hybridized carbons (Fsp3) is 0.429. The van der Waals surface area contributed by atoms with Crippen LogP contribution in [0.3, 0.4) is 0 Å². The molecule has 3 rings (SSSR count). The van der Waals surface area contributed by atoms with Crippen molar-refractivity contribution >= 4 is 45.4 Å². The van der Waals surface area contributed by atoms with Crippen molar-refractivity contribution < 1.29 is 5.11 Å². The number of hydrogen-bond donors (Lipinski definition) is 2. The van der Waals surface area contributed by atoms with Gasteiger partial charge in [-0.2, -0.15) is 27.0 Å². The number of hydrogen-bond acceptors (Lipinski definition) is 2. The van der Waals surface area contributed by atoms with Gasteiger partial charge < -0.3 is 10.4 Å². The van der Waals surface area contributed by atoms with E-state index in [9.17, 15) is 5.11 Å². The molecule has 2 nitrogen and oxygen atoms in total. The molecule has 0 radical (unpaired) electrons. The Balaban J connectivity index is 0.00000169. The lowest BCUT2D eigenvalue weighted by Gasteiger charge is -2.33. The third-order valence-corrected chi connectivity index (χ3v) is 9.97. The van der Waals surface area contributed by atoms with Crippen molar-refractivity contribution in [2.75, 3.05) is 6.54 Å². The average Bonchev–Trinajstić information content (AvgIpc) is 2.96. The van der Waals surface area contributed by atoms with E-state index in [1.807, 2.05) is 0 Å². The Morgan fingerprint density at radius 1 is 1.00 bits per heavy atom. The van der Waals surface area contributed by atoms with Crippen LogP contribution in [0.1, 0.15) is 20.3 Å². The molecule has 0 bridgehead atoms. The second-order valence-corrected chi connectivity index (χ2v) is 12.4. The van der Waals surface area contributed by atoms with E-state index in [1.54, 1.807) is 0 Å². The van der Waals surface area contributed by atoms with Crippen molar-refractivity contribution in [3.63, 3.8) is 0 Å². The van der Waals surface area contributed by atoms with Gasteiger partial charge in [0.2, 0.25) is 0 Å². The Hall–Kier alpha value is -0.723. The maximum Gasteiger partial charge on any atom is 0.117 e. The molecule has 1 aliphatic rings. The van der Waals surface area contributed by atoms with Crippen LogP contribution in [0.15, 0.2) is 60.7 Å². The van der Waals surface area contributed by atoms with Crippen LogP contribution in [0.2, 0.25) is 12.6 Å². The highest BCUT2D eigenvalue weighted by molar-refractivity contribution is 7.59. The Morgan fingerprint density at radius 3 is 1.85 bits per heavy atom. The van der Waals surface area contributed by atoms with Crippen molar-refractivity contribution in [3.05, 3.63) is 60.7 Å². The average molecular weight is 408 g/mol. The quantitative estimate of drug-likeness (QED) is 0.747. The summed E-state index contributed by atoms with van der Waals surface area (Å²) >= 11 is 0. The Kier molecular flexibility index (Phi) is 8.49. The van der Waals surface area contributed by atoms with E-state index in [4.69, 9.17) is 0 Å². The molecule has 5 heteroatoms. The molecule has 1 aliphatic heterocycles. The molecule has 2 atom stereocenters. The number of rotatable bonds is 5. The molecule has 1 saturated heterocycles. The topological polar surface area (TPSA) is 32.3 Å². The van der Waals surface area contributed by atoms with Gasteiger partial charge in [-0.1, -0.05) is 91.4 Å². The summed E-state index contributed by atoms with van der Waals surface area (Å²) in [5.74, 6) is 0. The van der Waals surface area contributed by atoms with Crippen LogP contribution < -0.4 is 15.7 Å². The molecule has 2 aromatic carbocycles. The molecule has 0 aromatic heterocycles. The maximum atomic E-state index is 11.0. The normalized spacial score (nSPS) is 19.9. The molecule has 0 aliphatic carbocycles. The van der Waals surface area contributed by atoms with Crippen LogP contribution in [-0.4, -0.2) is 31.9 Å². The van der Waals surface area contributed by atoms with Crippen LogP contribution in [0.25, 0.3) is 0 Å². The molecule has 0 saturated carbocycles. The van der Waals surface area contributed by atoms with Gasteiger partial charge in [-0.3, -0.25) is 0 Å². The van der Waals surface area contributed by atoms with Gasteiger partial charge in [0, 0.05) is 12.6 Å². The fourth-order valence-electron chi connectivity index (χ4n) is 3.99. The zero-order chi connectivity index (χ0) is 17.2. The van der Waals surface area contributed by atoms with Crippen molar-refractivity contribution in [2.45, 2.75) is 45.0 Å². The summed E-state index contributed by atoms with van der Waals surface area (Å²) in [5, 5.41) is 17.3. The lowest BCUT2D eigenvalue weighted by molar-refractivity contribution is 0.148. The molecule has 2 aromatic rings. The highest BCUT2D eigenvalue weighted by Crippen LogP contribution is 2.30. The summed E-state index contributed by atoms with van der Waals surface area (Å²) < 4.78 is 0. The highest BCUT2D eigenvalue weighted by Gasteiger charge is 2.40. The van der Waals surface area contributed by atoms with E-state index in [1.165, 1.54) is 10.4 Å². The molecule has 1 heterocycles. The first-order valence-electron chi connectivity index (χ1n) is 8.93. The van der Waals surface area contributed by atoms with E-state index in [0.717, 1.165) is 19.0 Å². The summed E-state index contributed by atoms with van der Waals surface area (Å²) in [6.45, 7) is 7.93. The van der Waals surface area contributed by atoms with Crippen LogP contribution in [0, 0.1) is 5.41 Å². The number of aliphatic hydroxyl groups is 1. The smallest absolute Gasteiger partial charge is 0.117 e. The van der Waals surface area contributed by atoms with Crippen LogP contribution in [-0.2, 0) is 0 Å². The van der Waals surface area contributed by atoms with Gasteiger partial charge in [-0.25, -0.2) is 0 Å². The predicted molar refractivity (Wildman–Crippen MR) is 126 cm³/mol. The minimum absolute atomic E-state index is 0. The summed E-state index contributed by atoms with van der Waals surface area (Å²) in [6.07, 6.45) is 0.742. The number of aliphatic hydroxyl groups excluding tert-OH is 1. The zero-order valence-corrected chi connectivity index (χ0v) is 19.0. The molecule has 2 N–H and O–H groups in total. The van der Waals surface area contributed by atoms with Crippen LogP contribution >= 0.6 is 27.0 Å². The first-order chi connectivity index (χ1) is 11.4. The molecule has 1 fully saturated rings. The molecular weight excluding hydrogens is 374 g/mol. The van der Waals surface area contributed by atoms with Gasteiger partial charge in [0.05, 0.1) is 6.10 Å². The minimum Gasteiger partial charge on any atom is -0.392 e. The van der Waals surface area contributed by atoms with Gasteiger partial charge in [-0.05, 0) is 17.9 Å². The fourth-order valence-corrected chi connectivity index (χ4v) is 7.78. The van der Waals surface area contributed by atoms with Crippen LogP contribution in [0.4, 0.5) is 0 Å². The standard InChI is InChI=1S/C21H29NOSi.2H2S/c1-21(2)14-19(22-16-21)20(23)15-24(3,17-10-6-4-7-11-17)18-12-8-5-9-13-18;;/h4-13,19-20,22-23H,14-16H2,1-3H3;2*1H2/t19-,20+;;/m0../s1. The molecule has 0 amide bonds. The van der Waals surface area contributed by atoms with Crippen molar-refractivity contribution in [1.29, 1.82) is 0 Å². The predicted octanol–water partition coefficient (Wildman–Crippen LogP) is 2.85. The van der Waals surface area contributed by atoms with E-state index >= 15 is 0 Å². The summed E-state index contributed by atoms with van der Waals surface area (Å²) in [6, 6.07) is 22.6. The van der Waals surface area contributed by atoms with Gasteiger partial charge in [0.25, 0.3) is 0 Å². The first kappa shape index (κ1) is 23.3. The summed E-state index contributed by atoms with van der Waals surface area (Å²) in [5.41, 5.74) is 0.281. The van der Waals surface area contributed by atoms with Crippen molar-refractivity contribution in [1.82, 2.24) is 5.32 Å². The van der Waals surface area contributed by atoms with E-state index in [-0.39, 0.29) is 44.6 Å². The first-order valence-corrected chi connectivity index (χ1v) is 11.6.